The number of nitrogens with zero attached hydrogens (tertiary/aromatic N) is 1. The number of nitrogens with two attached hydrogens (primary N) is 1. The van der Waals surface area contributed by atoms with Crippen LogP contribution in [0.3, 0.4) is 0 Å². The van der Waals surface area contributed by atoms with Crippen LogP contribution in [0.25, 0.3) is 0 Å². The Kier molecular flexibility index (Phi) is 3.52. The fraction of sp³-hybridized carbons (Fsp3) is 0.167. The average Bonchev–Trinajstić information content (AvgIpc) is 2.82. The Morgan fingerprint density at radius 3 is 2.82 bits per heavy atom. The van der Waals surface area contributed by atoms with Gasteiger partial charge in [-0.05, 0) is 11.6 Å². The molecule has 1 heterocycles. The smallest absolute Gasteiger partial charge is 0.249 e. The zero-order valence-corrected chi connectivity index (χ0v) is 9.22. The molecule has 3 N–H and O–H groups in total. The van der Waals surface area contributed by atoms with Crippen molar-refractivity contribution in [2.75, 3.05) is 0 Å². The van der Waals surface area contributed by atoms with Gasteiger partial charge in [-0.25, -0.2) is 0 Å². The number of amides is 1. The lowest BCUT2D eigenvalue weighted by Crippen LogP contribution is -2.18. The number of nitrogens with one attached hydrogen (secondary N) is 1. The van der Waals surface area contributed by atoms with Crippen molar-refractivity contribution >= 4 is 5.91 Å². The van der Waals surface area contributed by atoms with Crippen LogP contribution in [-0.2, 0) is 13.1 Å². The molecule has 17 heavy (non-hydrogen) atoms. The summed E-state index contributed by atoms with van der Waals surface area (Å²) >= 11 is 0. The van der Waals surface area contributed by atoms with Crippen molar-refractivity contribution in [1.29, 1.82) is 0 Å². The van der Waals surface area contributed by atoms with Crippen LogP contribution >= 0.6 is 0 Å². The summed E-state index contributed by atoms with van der Waals surface area (Å²) in [7, 11) is 0. The summed E-state index contributed by atoms with van der Waals surface area (Å²) < 4.78 is 4.94. The molecule has 0 unspecified atom stereocenters. The highest BCUT2D eigenvalue weighted by Gasteiger charge is 2.06. The Labute approximate surface area is 98.6 Å². The van der Waals surface area contributed by atoms with Crippen LogP contribution in [0.15, 0.2) is 41.1 Å². The normalized spacial score (nSPS) is 10.4. The van der Waals surface area contributed by atoms with Gasteiger partial charge in [-0.1, -0.05) is 23.4 Å². The standard InChI is InChI=1S/C12H13N3O2/c13-12(16)11-4-2-1-3-9(11)7-14-8-10-5-6-15-17-10/h1-6,14H,7-8H2,(H2,13,16). The molecule has 0 fully saturated rings. The van der Waals surface area contributed by atoms with Crippen LogP contribution in [0.5, 0.6) is 0 Å². The van der Waals surface area contributed by atoms with E-state index in [1.165, 1.54) is 0 Å². The molecule has 0 atom stereocenters. The summed E-state index contributed by atoms with van der Waals surface area (Å²) in [6.07, 6.45) is 1.59. The summed E-state index contributed by atoms with van der Waals surface area (Å²) in [6.45, 7) is 1.12. The van der Waals surface area contributed by atoms with Crippen molar-refractivity contribution in [2.24, 2.45) is 5.73 Å². The zero-order chi connectivity index (χ0) is 12.1. The van der Waals surface area contributed by atoms with Crippen molar-refractivity contribution < 1.29 is 9.32 Å². The molecule has 0 aliphatic rings. The fourth-order valence-corrected chi connectivity index (χ4v) is 1.57. The summed E-state index contributed by atoms with van der Waals surface area (Å²) in [4.78, 5) is 11.2. The van der Waals surface area contributed by atoms with Gasteiger partial charge < -0.3 is 15.6 Å². The van der Waals surface area contributed by atoms with Crippen LogP contribution in [-0.4, -0.2) is 11.1 Å². The highest BCUT2D eigenvalue weighted by atomic mass is 16.5. The van der Waals surface area contributed by atoms with Crippen molar-refractivity contribution in [3.8, 4) is 0 Å². The first-order valence-electron chi connectivity index (χ1n) is 5.25. The van der Waals surface area contributed by atoms with Gasteiger partial charge in [0.25, 0.3) is 0 Å². The average molecular weight is 231 g/mol. The Hall–Kier alpha value is -2.14. The Morgan fingerprint density at radius 1 is 1.29 bits per heavy atom. The second-order valence-electron chi connectivity index (χ2n) is 3.60. The minimum absolute atomic E-state index is 0.415. The first-order valence-corrected chi connectivity index (χ1v) is 5.25. The van der Waals surface area contributed by atoms with E-state index < -0.39 is 5.91 Å². The maximum atomic E-state index is 11.2. The van der Waals surface area contributed by atoms with Crippen LogP contribution in [0.4, 0.5) is 0 Å². The summed E-state index contributed by atoms with van der Waals surface area (Å²) in [6, 6.07) is 9.03. The first-order chi connectivity index (χ1) is 8.27. The van der Waals surface area contributed by atoms with Gasteiger partial charge in [-0.2, -0.15) is 0 Å². The van der Waals surface area contributed by atoms with E-state index in [9.17, 15) is 4.79 Å². The summed E-state index contributed by atoms with van der Waals surface area (Å²) in [5.41, 5.74) is 6.70. The SMILES string of the molecule is NC(=O)c1ccccc1CNCc1ccno1. The Morgan fingerprint density at radius 2 is 2.12 bits per heavy atom. The predicted molar refractivity (Wildman–Crippen MR) is 62.0 cm³/mol. The second kappa shape index (κ2) is 5.27. The molecule has 0 bridgehead atoms. The maximum absolute atomic E-state index is 11.2. The number of benzene rings is 1. The number of rotatable bonds is 5. The third-order valence-electron chi connectivity index (χ3n) is 2.39. The quantitative estimate of drug-likeness (QED) is 0.806. The van der Waals surface area contributed by atoms with Crippen LogP contribution in [0.1, 0.15) is 21.7 Å². The van der Waals surface area contributed by atoms with Crippen molar-refractivity contribution in [2.45, 2.75) is 13.1 Å². The molecular weight excluding hydrogens is 218 g/mol. The topological polar surface area (TPSA) is 81.2 Å². The molecule has 0 radical (unpaired) electrons. The van der Waals surface area contributed by atoms with Gasteiger partial charge in [-0.15, -0.1) is 0 Å². The van der Waals surface area contributed by atoms with E-state index in [-0.39, 0.29) is 0 Å². The number of carbonyl (C=O) groups excluding carboxylic acids is 1. The number of primary amides is 1. The van der Waals surface area contributed by atoms with Crippen molar-refractivity contribution in [3.63, 3.8) is 0 Å². The molecule has 0 saturated heterocycles. The molecule has 0 spiro atoms. The monoisotopic (exact) mass is 231 g/mol. The molecule has 88 valence electrons. The minimum atomic E-state index is -0.415. The fourth-order valence-electron chi connectivity index (χ4n) is 1.57. The van der Waals surface area contributed by atoms with Crippen LogP contribution < -0.4 is 11.1 Å². The van der Waals surface area contributed by atoms with Gasteiger partial charge in [-0.3, -0.25) is 4.79 Å². The summed E-state index contributed by atoms with van der Waals surface area (Å²) in [5, 5.41) is 6.76. The lowest BCUT2D eigenvalue weighted by atomic mass is 10.1. The summed E-state index contributed by atoms with van der Waals surface area (Å²) in [5.74, 6) is 0.337. The molecule has 1 aromatic carbocycles. The number of hydrogen-bond donors (Lipinski definition) is 2. The van der Waals surface area contributed by atoms with E-state index in [1.54, 1.807) is 24.4 Å². The first kappa shape index (κ1) is 11.3. The molecule has 1 aromatic heterocycles. The van der Waals surface area contributed by atoms with Gasteiger partial charge >= 0.3 is 0 Å². The third-order valence-corrected chi connectivity index (χ3v) is 2.39. The molecule has 0 saturated carbocycles. The molecule has 5 nitrogen and oxygen atoms in total. The van der Waals surface area contributed by atoms with E-state index >= 15 is 0 Å². The highest BCUT2D eigenvalue weighted by Crippen LogP contribution is 2.08. The van der Waals surface area contributed by atoms with E-state index in [2.05, 4.69) is 10.5 Å². The molecule has 0 aliphatic carbocycles. The third kappa shape index (κ3) is 2.92. The van der Waals surface area contributed by atoms with Crippen LogP contribution in [0.2, 0.25) is 0 Å². The highest BCUT2D eigenvalue weighted by molar-refractivity contribution is 5.94. The Balaban J connectivity index is 1.97. The van der Waals surface area contributed by atoms with Crippen molar-refractivity contribution in [1.82, 2.24) is 10.5 Å². The van der Waals surface area contributed by atoms with Gasteiger partial charge in [0.2, 0.25) is 5.91 Å². The largest absolute Gasteiger partial charge is 0.366 e. The molecule has 2 rings (SSSR count). The molecule has 2 aromatic rings. The van der Waals surface area contributed by atoms with Gasteiger partial charge in [0, 0.05) is 18.2 Å². The molecule has 5 heteroatoms. The van der Waals surface area contributed by atoms with E-state index in [0.29, 0.717) is 18.7 Å². The van der Waals surface area contributed by atoms with E-state index in [0.717, 1.165) is 11.3 Å². The molecular formula is C12H13N3O2. The zero-order valence-electron chi connectivity index (χ0n) is 9.22. The number of hydrogen-bond acceptors (Lipinski definition) is 4. The Bertz CT molecular complexity index is 494. The van der Waals surface area contributed by atoms with E-state index in [4.69, 9.17) is 10.3 Å². The minimum Gasteiger partial charge on any atom is -0.366 e. The molecule has 1 amide bonds. The van der Waals surface area contributed by atoms with Gasteiger partial charge in [0.1, 0.15) is 5.76 Å². The van der Waals surface area contributed by atoms with Crippen LogP contribution in [0, 0.1) is 0 Å². The predicted octanol–water partition coefficient (Wildman–Crippen LogP) is 1.06. The van der Waals surface area contributed by atoms with Crippen molar-refractivity contribution in [3.05, 3.63) is 53.4 Å². The van der Waals surface area contributed by atoms with E-state index in [1.807, 2.05) is 12.1 Å². The lowest BCUT2D eigenvalue weighted by molar-refractivity contribution is 0.0999. The number of aromatic nitrogens is 1. The van der Waals surface area contributed by atoms with Gasteiger partial charge in [0.15, 0.2) is 0 Å². The number of carbonyl (C=O) groups is 1. The maximum Gasteiger partial charge on any atom is 0.249 e. The van der Waals surface area contributed by atoms with Gasteiger partial charge in [0.05, 0.1) is 12.7 Å². The molecule has 0 aliphatic heterocycles. The second-order valence-corrected chi connectivity index (χ2v) is 3.60. The lowest BCUT2D eigenvalue weighted by Gasteiger charge is -2.06.